The highest BCUT2D eigenvalue weighted by molar-refractivity contribution is 7.89. The van der Waals surface area contributed by atoms with Gasteiger partial charge in [-0.3, -0.25) is 0 Å². The predicted octanol–water partition coefficient (Wildman–Crippen LogP) is 7.89. The second kappa shape index (κ2) is 14.4. The molecule has 0 radical (unpaired) electrons. The van der Waals surface area contributed by atoms with E-state index in [0.717, 1.165) is 11.1 Å². The van der Waals surface area contributed by atoms with Crippen molar-refractivity contribution in [1.82, 2.24) is 8.61 Å². The third-order valence-corrected chi connectivity index (χ3v) is 23.3. The van der Waals surface area contributed by atoms with Crippen molar-refractivity contribution in [1.29, 1.82) is 0 Å². The maximum atomic E-state index is 14.5. The first-order valence-electron chi connectivity index (χ1n) is 16.6. The first-order chi connectivity index (χ1) is 21.8. The molecule has 1 aliphatic rings. The molecule has 1 saturated carbocycles. The Morgan fingerprint density at radius 3 is 1.12 bits per heavy atom. The normalized spacial score (nSPS) is 18.5. The highest BCUT2D eigenvalue weighted by atomic mass is 32.2. The largest absolute Gasteiger partial charge is 0.415 e. The molecule has 0 spiro atoms. The van der Waals surface area contributed by atoms with Crippen LogP contribution in [-0.4, -0.2) is 80.5 Å². The molecule has 0 N–H and O–H groups in total. The Morgan fingerprint density at radius 2 is 0.875 bits per heavy atom. The second-order valence-corrected chi connectivity index (χ2v) is 29.4. The molecule has 0 aliphatic heterocycles. The van der Waals surface area contributed by atoms with Gasteiger partial charge in [-0.15, -0.1) is 0 Å². The van der Waals surface area contributed by atoms with Gasteiger partial charge in [-0.1, -0.05) is 90.1 Å². The third kappa shape index (κ3) is 8.51. The van der Waals surface area contributed by atoms with Crippen LogP contribution in [-0.2, 0) is 28.9 Å². The van der Waals surface area contributed by atoms with Crippen LogP contribution in [0.25, 0.3) is 0 Å². The number of hydrogen-bond donors (Lipinski definition) is 0. The number of hydrogen-bond acceptors (Lipinski definition) is 6. The maximum absolute atomic E-state index is 14.5. The summed E-state index contributed by atoms with van der Waals surface area (Å²) in [6.45, 7) is 33.9. The molecule has 0 amide bonds. The van der Waals surface area contributed by atoms with Gasteiger partial charge in [0.1, 0.15) is 0 Å². The molecule has 0 heterocycles. The lowest BCUT2D eigenvalue weighted by Crippen LogP contribution is -2.64. The van der Waals surface area contributed by atoms with E-state index >= 15 is 0 Å². The fourth-order valence-corrected chi connectivity index (χ4v) is 10.3. The molecule has 0 bridgehead atoms. The number of rotatable bonds is 14. The summed E-state index contributed by atoms with van der Waals surface area (Å²) in [5, 5.41) is -0.152. The first kappa shape index (κ1) is 40.5. The highest BCUT2D eigenvalue weighted by Gasteiger charge is 2.53. The van der Waals surface area contributed by atoms with Gasteiger partial charge in [-0.05, 0) is 85.5 Å². The third-order valence-electron chi connectivity index (χ3n) is 10.5. The van der Waals surface area contributed by atoms with Crippen molar-refractivity contribution in [2.45, 2.75) is 114 Å². The summed E-state index contributed by atoms with van der Waals surface area (Å²) in [7, 11) is -12.7. The van der Waals surface area contributed by atoms with E-state index in [2.05, 4.69) is 80.9 Å². The van der Waals surface area contributed by atoms with Gasteiger partial charge in [0.25, 0.3) is 0 Å². The second-order valence-electron chi connectivity index (χ2n) is 16.0. The average molecular weight is 735 g/mol. The van der Waals surface area contributed by atoms with Crippen molar-refractivity contribution in [3.05, 3.63) is 84.0 Å². The lowest BCUT2D eigenvalue weighted by atomic mass is 9.76. The van der Waals surface area contributed by atoms with E-state index in [-0.39, 0.29) is 46.2 Å². The molecule has 268 valence electrons. The standard InChI is InChI=1S/C36H58N2O6S2Si2/c1-27-15-19-31(20-16-27)45(39,40)37(23-25-43-47(11,12)35(5,6)7)33-29(3)30(4)34(33)38(24-26-44-48(13,14)36(8,9)10)46(41,42)32-21-17-28(2)18-22-32/h15-22,33-34H,3-4,23-26H2,1-2,5-14H3/t33-,34-/m0/s1. The smallest absolute Gasteiger partial charge is 0.243 e. The zero-order chi connectivity index (χ0) is 36.7. The Bertz CT molecular complexity index is 1560. The van der Waals surface area contributed by atoms with E-state index in [1.54, 1.807) is 48.5 Å². The van der Waals surface area contributed by atoms with Gasteiger partial charge in [0, 0.05) is 26.3 Å². The Hall–Kier alpha value is -1.91. The molecule has 12 heteroatoms. The van der Waals surface area contributed by atoms with Crippen LogP contribution in [0.3, 0.4) is 0 Å². The van der Waals surface area contributed by atoms with Crippen molar-refractivity contribution in [2.75, 3.05) is 26.3 Å². The zero-order valence-electron chi connectivity index (χ0n) is 31.2. The Balaban J connectivity index is 2.13. The minimum atomic E-state index is -4.11. The summed E-state index contributed by atoms with van der Waals surface area (Å²) < 4.78 is 73.6. The molecule has 0 unspecified atom stereocenters. The van der Waals surface area contributed by atoms with E-state index in [1.165, 1.54) is 8.61 Å². The monoisotopic (exact) mass is 734 g/mol. The van der Waals surface area contributed by atoms with Crippen molar-refractivity contribution < 1.29 is 25.7 Å². The SMILES string of the molecule is C=C1C(=C)[C@H](N(CCO[Si](C)(C)C(C)(C)C)S(=O)(=O)c2ccc(C)cc2)[C@H]1N(CCO[Si](C)(C)C(C)(C)C)S(=O)(=O)c1ccc(C)cc1. The van der Waals surface area contributed by atoms with Gasteiger partial charge in [-0.2, -0.15) is 8.61 Å². The Labute approximate surface area is 293 Å². The quantitative estimate of drug-likeness (QED) is 0.183. The predicted molar refractivity (Wildman–Crippen MR) is 202 cm³/mol. The summed E-state index contributed by atoms with van der Waals surface area (Å²) in [4.78, 5) is 0.248. The fourth-order valence-electron chi connectivity index (χ4n) is 5.05. The van der Waals surface area contributed by atoms with Crippen LogP contribution in [0, 0.1) is 13.8 Å². The molecule has 1 aliphatic carbocycles. The van der Waals surface area contributed by atoms with Gasteiger partial charge >= 0.3 is 0 Å². The molecule has 0 saturated heterocycles. The van der Waals surface area contributed by atoms with Crippen molar-refractivity contribution >= 4 is 36.7 Å². The summed E-state index contributed by atoms with van der Waals surface area (Å²) in [5.41, 5.74) is 2.83. The summed E-state index contributed by atoms with van der Waals surface area (Å²) >= 11 is 0. The van der Waals surface area contributed by atoms with Crippen molar-refractivity contribution in [3.8, 4) is 0 Å². The topological polar surface area (TPSA) is 93.2 Å². The van der Waals surface area contributed by atoms with Crippen molar-refractivity contribution in [2.24, 2.45) is 0 Å². The van der Waals surface area contributed by atoms with Crippen LogP contribution in [0.2, 0.25) is 36.3 Å². The zero-order valence-corrected chi connectivity index (χ0v) is 34.8. The number of nitrogens with zero attached hydrogens (tertiary/aromatic N) is 2. The minimum absolute atomic E-state index is 0.0229. The molecule has 48 heavy (non-hydrogen) atoms. The van der Waals surface area contributed by atoms with Gasteiger partial charge < -0.3 is 8.85 Å². The molecule has 2 atom stereocenters. The van der Waals surface area contributed by atoms with E-state index in [4.69, 9.17) is 8.85 Å². The molecular formula is C36H58N2O6S2Si2. The lowest BCUT2D eigenvalue weighted by molar-refractivity contribution is 0.160. The van der Waals surface area contributed by atoms with E-state index in [9.17, 15) is 16.8 Å². The molecular weight excluding hydrogens is 677 g/mol. The first-order valence-corrected chi connectivity index (χ1v) is 25.3. The van der Waals surface area contributed by atoms with Gasteiger partial charge in [-0.25, -0.2) is 16.8 Å². The molecule has 1 fully saturated rings. The minimum Gasteiger partial charge on any atom is -0.415 e. The van der Waals surface area contributed by atoms with Gasteiger partial charge in [0.2, 0.25) is 20.0 Å². The lowest BCUT2D eigenvalue weighted by Gasteiger charge is -2.51. The molecule has 2 aromatic rings. The molecule has 8 nitrogen and oxygen atoms in total. The van der Waals surface area contributed by atoms with Gasteiger partial charge in [0.15, 0.2) is 16.6 Å². The number of benzene rings is 2. The fraction of sp³-hybridized carbons (Fsp3) is 0.556. The average Bonchev–Trinajstić information content (AvgIpc) is 2.96. The van der Waals surface area contributed by atoms with E-state index < -0.39 is 48.8 Å². The summed E-state index contributed by atoms with van der Waals surface area (Å²) in [5.74, 6) is 0. The van der Waals surface area contributed by atoms with Crippen LogP contribution < -0.4 is 0 Å². The van der Waals surface area contributed by atoms with Crippen LogP contribution >= 0.6 is 0 Å². The molecule has 3 rings (SSSR count). The van der Waals surface area contributed by atoms with Gasteiger partial charge in [0.05, 0.1) is 21.9 Å². The van der Waals surface area contributed by atoms with Crippen LogP contribution in [0.15, 0.2) is 82.6 Å². The number of sulfonamides is 2. The molecule has 2 aromatic carbocycles. The highest BCUT2D eigenvalue weighted by Crippen LogP contribution is 2.44. The number of aryl methyl sites for hydroxylation is 2. The summed E-state index contributed by atoms with van der Waals surface area (Å²) in [6, 6.07) is 11.6. The maximum Gasteiger partial charge on any atom is 0.243 e. The van der Waals surface area contributed by atoms with E-state index in [1.807, 2.05) is 13.8 Å². The Kier molecular flexibility index (Phi) is 12.1. The van der Waals surface area contributed by atoms with E-state index in [0.29, 0.717) is 11.1 Å². The molecule has 0 aromatic heterocycles. The van der Waals surface area contributed by atoms with Crippen molar-refractivity contribution in [3.63, 3.8) is 0 Å². The van der Waals surface area contributed by atoms with Crippen LogP contribution in [0.4, 0.5) is 0 Å². The van der Waals surface area contributed by atoms with Crippen LogP contribution in [0.1, 0.15) is 52.7 Å². The summed E-state index contributed by atoms with van der Waals surface area (Å²) in [6.07, 6.45) is 0. The Morgan fingerprint density at radius 1 is 0.604 bits per heavy atom. The van der Waals surface area contributed by atoms with Crippen LogP contribution in [0.5, 0.6) is 0 Å².